The SMILES string of the molecule is O=C1C=C(O)C(=O)C(/C=C/c2ccc(O)cc2)=C1c1c(O)cc(O)cc1/C=C/c1ccc(O)cc1. The van der Waals surface area contributed by atoms with Gasteiger partial charge in [0.15, 0.2) is 11.5 Å². The van der Waals surface area contributed by atoms with Gasteiger partial charge in [-0.15, -0.1) is 0 Å². The number of phenolic OH excluding ortho intramolecular Hbond substituents is 4. The number of allylic oxidation sites excluding steroid dienone is 4. The smallest absolute Gasteiger partial charge is 0.228 e. The molecule has 1 aliphatic rings. The Morgan fingerprint density at radius 2 is 1.14 bits per heavy atom. The third-order valence-corrected chi connectivity index (χ3v) is 5.33. The molecule has 0 radical (unpaired) electrons. The average Bonchev–Trinajstić information content (AvgIpc) is 2.82. The van der Waals surface area contributed by atoms with E-state index in [2.05, 4.69) is 0 Å². The molecule has 0 spiro atoms. The molecule has 0 bridgehead atoms. The largest absolute Gasteiger partial charge is 0.508 e. The Kier molecular flexibility index (Phi) is 6.24. The predicted octanol–water partition coefficient (Wildman–Crippen LogP) is 4.74. The molecule has 35 heavy (non-hydrogen) atoms. The number of aromatic hydroxyl groups is 4. The standard InChI is InChI=1S/C28H20O7/c29-19-8-2-16(3-9-19)1-7-18-13-21(31)14-23(32)26(18)27-22(28(35)25(34)15-24(27)33)12-6-17-4-10-20(30)11-5-17/h1-15,29-32,34H/b7-1+,12-6+. The second-order valence-corrected chi connectivity index (χ2v) is 7.79. The van der Waals surface area contributed by atoms with Crippen LogP contribution in [0.25, 0.3) is 23.8 Å². The van der Waals surface area contributed by atoms with Crippen molar-refractivity contribution in [2.45, 2.75) is 0 Å². The molecule has 0 saturated heterocycles. The summed E-state index contributed by atoms with van der Waals surface area (Å²) in [6.45, 7) is 0. The molecule has 0 saturated carbocycles. The highest BCUT2D eigenvalue weighted by Gasteiger charge is 2.30. The third kappa shape index (κ3) is 4.99. The van der Waals surface area contributed by atoms with Crippen molar-refractivity contribution in [3.8, 4) is 23.0 Å². The number of carbonyl (C=O) groups excluding carboxylic acids is 2. The molecule has 5 N–H and O–H groups in total. The molecule has 174 valence electrons. The third-order valence-electron chi connectivity index (χ3n) is 5.33. The normalized spacial score (nSPS) is 14.2. The number of rotatable bonds is 5. The molecule has 1 aliphatic carbocycles. The second-order valence-electron chi connectivity index (χ2n) is 7.79. The molecule has 0 unspecified atom stereocenters. The van der Waals surface area contributed by atoms with Crippen LogP contribution in [0.2, 0.25) is 0 Å². The number of hydrogen-bond acceptors (Lipinski definition) is 7. The van der Waals surface area contributed by atoms with E-state index >= 15 is 0 Å². The number of phenols is 4. The Morgan fingerprint density at radius 1 is 0.600 bits per heavy atom. The van der Waals surface area contributed by atoms with Crippen LogP contribution in [-0.2, 0) is 9.59 Å². The van der Waals surface area contributed by atoms with Gasteiger partial charge in [0.05, 0.1) is 0 Å². The van der Waals surface area contributed by atoms with E-state index in [1.165, 1.54) is 42.5 Å². The van der Waals surface area contributed by atoms with Crippen LogP contribution >= 0.6 is 0 Å². The monoisotopic (exact) mass is 468 g/mol. The van der Waals surface area contributed by atoms with Crippen molar-refractivity contribution in [1.29, 1.82) is 0 Å². The van der Waals surface area contributed by atoms with E-state index in [1.54, 1.807) is 36.4 Å². The van der Waals surface area contributed by atoms with Crippen LogP contribution in [0.15, 0.2) is 84.1 Å². The molecular formula is C28H20O7. The van der Waals surface area contributed by atoms with Crippen LogP contribution in [-0.4, -0.2) is 37.1 Å². The molecule has 4 rings (SSSR count). The number of aliphatic hydroxyl groups excluding tert-OH is 1. The summed E-state index contributed by atoms with van der Waals surface area (Å²) in [4.78, 5) is 25.8. The van der Waals surface area contributed by atoms with Gasteiger partial charge in [0.1, 0.15) is 23.0 Å². The van der Waals surface area contributed by atoms with E-state index < -0.39 is 23.1 Å². The first kappa shape index (κ1) is 23.1. The van der Waals surface area contributed by atoms with Crippen LogP contribution < -0.4 is 0 Å². The van der Waals surface area contributed by atoms with Gasteiger partial charge in [-0.1, -0.05) is 42.5 Å². The molecule has 0 amide bonds. The van der Waals surface area contributed by atoms with E-state index in [-0.39, 0.29) is 39.5 Å². The van der Waals surface area contributed by atoms with Gasteiger partial charge in [0.2, 0.25) is 5.78 Å². The van der Waals surface area contributed by atoms with Gasteiger partial charge in [0.25, 0.3) is 0 Å². The minimum Gasteiger partial charge on any atom is -0.508 e. The van der Waals surface area contributed by atoms with E-state index in [0.29, 0.717) is 11.1 Å². The maximum atomic E-state index is 13.0. The highest BCUT2D eigenvalue weighted by atomic mass is 16.3. The zero-order chi connectivity index (χ0) is 25.1. The van der Waals surface area contributed by atoms with Crippen LogP contribution in [0, 0.1) is 0 Å². The fraction of sp³-hybridized carbons (Fsp3) is 0. The first-order chi connectivity index (χ1) is 16.7. The average molecular weight is 468 g/mol. The van der Waals surface area contributed by atoms with Crippen LogP contribution in [0.1, 0.15) is 22.3 Å². The van der Waals surface area contributed by atoms with Crippen LogP contribution in [0.3, 0.4) is 0 Å². The maximum Gasteiger partial charge on any atom is 0.228 e. The summed E-state index contributed by atoms with van der Waals surface area (Å²) in [7, 11) is 0. The number of ketones is 2. The molecular weight excluding hydrogens is 448 g/mol. The van der Waals surface area contributed by atoms with E-state index in [1.807, 2.05) is 0 Å². The second kappa shape index (κ2) is 9.44. The summed E-state index contributed by atoms with van der Waals surface area (Å²) in [5.74, 6) is -2.79. The number of aliphatic hydroxyl groups is 1. The lowest BCUT2D eigenvalue weighted by atomic mass is 9.85. The molecule has 3 aromatic carbocycles. The van der Waals surface area contributed by atoms with Crippen LogP contribution in [0.5, 0.6) is 23.0 Å². The lowest BCUT2D eigenvalue weighted by Crippen LogP contribution is -2.18. The molecule has 3 aromatic rings. The van der Waals surface area contributed by atoms with Gasteiger partial charge < -0.3 is 25.5 Å². The highest BCUT2D eigenvalue weighted by Crippen LogP contribution is 2.39. The molecule has 7 nitrogen and oxygen atoms in total. The molecule has 0 aliphatic heterocycles. The van der Waals surface area contributed by atoms with Gasteiger partial charge in [-0.3, -0.25) is 9.59 Å². The first-order valence-electron chi connectivity index (χ1n) is 10.5. The van der Waals surface area contributed by atoms with Crippen molar-refractivity contribution in [2.24, 2.45) is 0 Å². The fourth-order valence-corrected chi connectivity index (χ4v) is 3.64. The summed E-state index contributed by atoms with van der Waals surface area (Å²) in [6.07, 6.45) is 6.86. The number of benzene rings is 3. The minimum atomic E-state index is -0.810. The predicted molar refractivity (Wildman–Crippen MR) is 132 cm³/mol. The van der Waals surface area contributed by atoms with Crippen molar-refractivity contribution in [3.05, 3.63) is 106 Å². The summed E-state index contributed by atoms with van der Waals surface area (Å²) in [6, 6.07) is 14.8. The summed E-state index contributed by atoms with van der Waals surface area (Å²) >= 11 is 0. The maximum absolute atomic E-state index is 13.0. The summed E-state index contributed by atoms with van der Waals surface area (Å²) < 4.78 is 0. The van der Waals surface area contributed by atoms with Gasteiger partial charge in [-0.2, -0.15) is 0 Å². The van der Waals surface area contributed by atoms with Gasteiger partial charge >= 0.3 is 0 Å². The summed E-state index contributed by atoms with van der Waals surface area (Å²) in [5.41, 5.74) is 1.27. The lowest BCUT2D eigenvalue weighted by Gasteiger charge is -2.18. The zero-order valence-electron chi connectivity index (χ0n) is 18.2. The number of carbonyl (C=O) groups is 2. The Bertz CT molecular complexity index is 1440. The van der Waals surface area contributed by atoms with E-state index in [4.69, 9.17) is 0 Å². The Balaban J connectivity index is 1.88. The Labute approximate surface area is 200 Å². The zero-order valence-corrected chi connectivity index (χ0v) is 18.2. The van der Waals surface area contributed by atoms with Crippen molar-refractivity contribution in [3.63, 3.8) is 0 Å². The van der Waals surface area contributed by atoms with Gasteiger partial charge in [-0.25, -0.2) is 0 Å². The first-order valence-corrected chi connectivity index (χ1v) is 10.5. The molecule has 0 heterocycles. The topological polar surface area (TPSA) is 135 Å². The quantitative estimate of drug-likeness (QED) is 0.270. The van der Waals surface area contributed by atoms with Gasteiger partial charge in [-0.05, 0) is 53.1 Å². The highest BCUT2D eigenvalue weighted by molar-refractivity contribution is 6.38. The van der Waals surface area contributed by atoms with E-state index in [0.717, 1.165) is 12.1 Å². The van der Waals surface area contributed by atoms with Crippen molar-refractivity contribution < 1.29 is 35.1 Å². The molecule has 0 aromatic heterocycles. The summed E-state index contributed by atoms with van der Waals surface area (Å²) in [5, 5.41) is 49.7. The number of hydrogen-bond donors (Lipinski definition) is 5. The fourth-order valence-electron chi connectivity index (χ4n) is 3.64. The number of Topliss-reactive ketones (excluding diaryl/α,β-unsaturated/α-hetero) is 1. The molecule has 0 atom stereocenters. The van der Waals surface area contributed by atoms with Crippen molar-refractivity contribution in [2.75, 3.05) is 0 Å². The molecule has 7 heteroatoms. The Morgan fingerprint density at radius 3 is 1.71 bits per heavy atom. The Hall–Kier alpha value is -5.04. The van der Waals surface area contributed by atoms with Gasteiger partial charge in [0, 0.05) is 28.9 Å². The minimum absolute atomic E-state index is 0.00489. The van der Waals surface area contributed by atoms with Crippen molar-refractivity contribution in [1.82, 2.24) is 0 Å². The van der Waals surface area contributed by atoms with Crippen LogP contribution in [0.4, 0.5) is 0 Å². The van der Waals surface area contributed by atoms with E-state index in [9.17, 15) is 35.1 Å². The van der Waals surface area contributed by atoms with Crippen molar-refractivity contribution >= 4 is 35.4 Å². The lowest BCUT2D eigenvalue weighted by molar-refractivity contribution is -0.116. The molecule has 0 fully saturated rings.